The fourth-order valence-corrected chi connectivity index (χ4v) is 1.57. The number of nitrogens with zero attached hydrogens (tertiary/aromatic N) is 3. The second-order valence-corrected chi connectivity index (χ2v) is 4.87. The van der Waals surface area contributed by atoms with Gasteiger partial charge in [0.15, 0.2) is 0 Å². The Morgan fingerprint density at radius 1 is 1.62 bits per heavy atom. The van der Waals surface area contributed by atoms with E-state index < -0.39 is 5.60 Å². The third-order valence-corrected chi connectivity index (χ3v) is 2.27. The van der Waals surface area contributed by atoms with E-state index in [9.17, 15) is 4.79 Å². The molecule has 0 fully saturated rings. The zero-order chi connectivity index (χ0) is 11.8. The number of aromatic nitrogens is 3. The molecule has 1 aromatic heterocycles. The highest BCUT2D eigenvalue weighted by Gasteiger charge is 2.28. The predicted molar refractivity (Wildman–Crippen MR) is 56.5 cm³/mol. The van der Waals surface area contributed by atoms with E-state index in [0.717, 1.165) is 5.82 Å². The lowest BCUT2D eigenvalue weighted by Gasteiger charge is -2.27. The van der Waals surface area contributed by atoms with Crippen LogP contribution in [0.5, 0.6) is 0 Å². The lowest BCUT2D eigenvalue weighted by molar-refractivity contribution is -0.158. The van der Waals surface area contributed by atoms with Crippen LogP contribution in [-0.2, 0) is 22.6 Å². The Hall–Kier alpha value is -1.43. The highest BCUT2D eigenvalue weighted by molar-refractivity contribution is 5.76. The van der Waals surface area contributed by atoms with Gasteiger partial charge in [-0.05, 0) is 20.8 Å². The molecule has 16 heavy (non-hydrogen) atoms. The molecular weight excluding hydrogens is 208 g/mol. The van der Waals surface area contributed by atoms with Gasteiger partial charge in [0.2, 0.25) is 0 Å². The molecule has 0 saturated carbocycles. The van der Waals surface area contributed by atoms with Crippen LogP contribution < -0.4 is 5.32 Å². The molecule has 6 heteroatoms. The van der Waals surface area contributed by atoms with Crippen molar-refractivity contribution in [1.29, 1.82) is 0 Å². The quantitative estimate of drug-likeness (QED) is 0.685. The standard InChI is InChI=1S/C10H16N4O2/c1-10(2,3)16-9(15)7-5-14-6-12-13-8(14)4-11-7/h6-7,11H,4-5H2,1-3H3/t7-/m0/s1. The van der Waals surface area contributed by atoms with Crippen LogP contribution in [0.3, 0.4) is 0 Å². The van der Waals surface area contributed by atoms with Gasteiger partial charge in [0, 0.05) is 0 Å². The smallest absolute Gasteiger partial charge is 0.325 e. The summed E-state index contributed by atoms with van der Waals surface area (Å²) in [6.45, 7) is 6.65. The van der Waals surface area contributed by atoms with E-state index in [1.165, 1.54) is 0 Å². The molecule has 1 atom stereocenters. The summed E-state index contributed by atoms with van der Waals surface area (Å²) in [5, 5.41) is 10.8. The van der Waals surface area contributed by atoms with Crippen molar-refractivity contribution in [3.05, 3.63) is 12.2 Å². The number of ether oxygens (including phenoxy) is 1. The van der Waals surface area contributed by atoms with Crippen LogP contribution in [0.15, 0.2) is 6.33 Å². The topological polar surface area (TPSA) is 69.0 Å². The molecule has 2 heterocycles. The minimum atomic E-state index is -0.452. The molecule has 0 saturated heterocycles. The molecule has 0 bridgehead atoms. The summed E-state index contributed by atoms with van der Waals surface area (Å²) in [5.74, 6) is 0.617. The molecular formula is C10H16N4O2. The highest BCUT2D eigenvalue weighted by atomic mass is 16.6. The first-order chi connectivity index (χ1) is 7.46. The third-order valence-electron chi connectivity index (χ3n) is 2.27. The minimum Gasteiger partial charge on any atom is -0.459 e. The van der Waals surface area contributed by atoms with Crippen molar-refractivity contribution in [3.63, 3.8) is 0 Å². The summed E-state index contributed by atoms with van der Waals surface area (Å²) in [5.41, 5.74) is -0.452. The maximum atomic E-state index is 11.8. The van der Waals surface area contributed by atoms with Crippen molar-refractivity contribution in [1.82, 2.24) is 20.1 Å². The average Bonchev–Trinajstić information content (AvgIpc) is 2.61. The molecule has 0 unspecified atom stereocenters. The number of carbonyl (C=O) groups is 1. The van der Waals surface area contributed by atoms with Gasteiger partial charge in [-0.15, -0.1) is 10.2 Å². The average molecular weight is 224 g/mol. The van der Waals surface area contributed by atoms with Crippen LogP contribution in [0.4, 0.5) is 0 Å². The molecule has 0 spiro atoms. The van der Waals surface area contributed by atoms with Gasteiger partial charge in [-0.1, -0.05) is 0 Å². The monoisotopic (exact) mass is 224 g/mol. The molecule has 0 amide bonds. The van der Waals surface area contributed by atoms with Crippen molar-refractivity contribution < 1.29 is 9.53 Å². The number of nitrogens with one attached hydrogen (secondary N) is 1. The zero-order valence-electron chi connectivity index (χ0n) is 9.73. The van der Waals surface area contributed by atoms with Gasteiger partial charge < -0.3 is 9.30 Å². The summed E-state index contributed by atoms with van der Waals surface area (Å²) in [4.78, 5) is 11.8. The Morgan fingerprint density at radius 2 is 2.38 bits per heavy atom. The molecule has 1 aromatic rings. The molecule has 0 radical (unpaired) electrons. The molecule has 1 aliphatic rings. The number of esters is 1. The van der Waals surface area contributed by atoms with Crippen molar-refractivity contribution in [2.45, 2.75) is 45.5 Å². The normalized spacial score (nSPS) is 20.3. The first kappa shape index (κ1) is 11.1. The van der Waals surface area contributed by atoms with Gasteiger partial charge in [0.05, 0.1) is 13.1 Å². The van der Waals surface area contributed by atoms with Crippen LogP contribution in [0.25, 0.3) is 0 Å². The van der Waals surface area contributed by atoms with Crippen molar-refractivity contribution in [3.8, 4) is 0 Å². The van der Waals surface area contributed by atoms with Gasteiger partial charge in [-0.3, -0.25) is 10.1 Å². The van der Waals surface area contributed by atoms with E-state index in [4.69, 9.17) is 4.74 Å². The maximum Gasteiger partial charge on any atom is 0.325 e. The zero-order valence-corrected chi connectivity index (χ0v) is 9.73. The summed E-state index contributed by atoms with van der Waals surface area (Å²) >= 11 is 0. The van der Waals surface area contributed by atoms with E-state index in [2.05, 4.69) is 15.5 Å². The Labute approximate surface area is 94.0 Å². The van der Waals surface area contributed by atoms with E-state index >= 15 is 0 Å². The number of fused-ring (bicyclic) bond motifs is 1. The van der Waals surface area contributed by atoms with E-state index in [1.54, 1.807) is 6.33 Å². The first-order valence-corrected chi connectivity index (χ1v) is 5.28. The molecule has 6 nitrogen and oxygen atoms in total. The largest absolute Gasteiger partial charge is 0.459 e. The number of rotatable bonds is 1. The fraction of sp³-hybridized carbons (Fsp3) is 0.700. The fourth-order valence-electron chi connectivity index (χ4n) is 1.57. The van der Waals surface area contributed by atoms with Crippen LogP contribution >= 0.6 is 0 Å². The molecule has 88 valence electrons. The SMILES string of the molecule is CC(C)(C)OC(=O)[C@@H]1Cn2cnnc2CN1. The summed E-state index contributed by atoms with van der Waals surface area (Å²) in [7, 11) is 0. The molecule has 0 aliphatic carbocycles. The van der Waals surface area contributed by atoms with E-state index in [-0.39, 0.29) is 12.0 Å². The Balaban J connectivity index is 2.01. The second-order valence-electron chi connectivity index (χ2n) is 4.87. The van der Waals surface area contributed by atoms with E-state index in [0.29, 0.717) is 13.1 Å². The van der Waals surface area contributed by atoms with Gasteiger partial charge in [0.1, 0.15) is 23.8 Å². The van der Waals surface area contributed by atoms with Crippen LogP contribution in [0.1, 0.15) is 26.6 Å². The molecule has 0 aromatic carbocycles. The molecule has 2 rings (SSSR count). The minimum absolute atomic E-state index is 0.230. The Bertz CT molecular complexity index is 394. The molecule has 1 N–H and O–H groups in total. The maximum absolute atomic E-state index is 11.8. The van der Waals surface area contributed by atoms with Crippen LogP contribution in [-0.4, -0.2) is 32.4 Å². The summed E-state index contributed by atoms with van der Waals surface area (Å²) < 4.78 is 7.18. The van der Waals surface area contributed by atoms with Gasteiger partial charge in [-0.25, -0.2) is 0 Å². The van der Waals surface area contributed by atoms with Gasteiger partial charge in [-0.2, -0.15) is 0 Å². The summed E-state index contributed by atoms with van der Waals surface area (Å²) in [6.07, 6.45) is 1.63. The number of carbonyl (C=O) groups excluding carboxylic acids is 1. The van der Waals surface area contributed by atoms with Crippen molar-refractivity contribution in [2.75, 3.05) is 0 Å². The van der Waals surface area contributed by atoms with Gasteiger partial charge >= 0.3 is 5.97 Å². The Morgan fingerprint density at radius 3 is 3.06 bits per heavy atom. The highest BCUT2D eigenvalue weighted by Crippen LogP contribution is 2.12. The second kappa shape index (κ2) is 3.86. The summed E-state index contributed by atoms with van der Waals surface area (Å²) in [6, 6.07) is -0.317. The predicted octanol–water partition coefficient (Wildman–Crippen LogP) is 0.0916. The molecule has 1 aliphatic heterocycles. The Kier molecular flexibility index (Phi) is 2.67. The lowest BCUT2D eigenvalue weighted by atomic mass is 10.2. The van der Waals surface area contributed by atoms with E-state index in [1.807, 2.05) is 25.3 Å². The first-order valence-electron chi connectivity index (χ1n) is 5.28. The van der Waals surface area contributed by atoms with Crippen LogP contribution in [0.2, 0.25) is 0 Å². The van der Waals surface area contributed by atoms with Crippen molar-refractivity contribution in [2.24, 2.45) is 0 Å². The lowest BCUT2D eigenvalue weighted by Crippen LogP contribution is -2.47. The number of hydrogen-bond donors (Lipinski definition) is 1. The number of hydrogen-bond acceptors (Lipinski definition) is 5. The van der Waals surface area contributed by atoms with Crippen molar-refractivity contribution >= 4 is 5.97 Å². The van der Waals surface area contributed by atoms with Crippen LogP contribution in [0, 0.1) is 0 Å². The van der Waals surface area contributed by atoms with Gasteiger partial charge in [0.25, 0.3) is 0 Å². The third kappa shape index (κ3) is 2.38.